The van der Waals surface area contributed by atoms with E-state index >= 15 is 0 Å². The summed E-state index contributed by atoms with van der Waals surface area (Å²) >= 11 is 0. The van der Waals surface area contributed by atoms with Crippen LogP contribution in [0.4, 0.5) is 0 Å². The van der Waals surface area contributed by atoms with Gasteiger partial charge in [-0.05, 0) is 46.5 Å². The van der Waals surface area contributed by atoms with Gasteiger partial charge in [0.15, 0.2) is 17.3 Å². The summed E-state index contributed by atoms with van der Waals surface area (Å²) in [5.74, 6) is 0.913. The third kappa shape index (κ3) is 1.98. The zero-order valence-electron chi connectivity index (χ0n) is 12.3. The molecule has 2 N–H and O–H groups in total. The SMILES string of the molecule is COc1cc2c(cc1OC)-c1cc(CO)c(CO)cc1C2=O. The minimum atomic E-state index is -0.223. The number of carbonyl (C=O) groups is 1. The normalized spacial score (nSPS) is 12.1. The Morgan fingerprint density at radius 3 is 1.68 bits per heavy atom. The van der Waals surface area contributed by atoms with Crippen LogP contribution >= 0.6 is 0 Å². The number of rotatable bonds is 4. The van der Waals surface area contributed by atoms with Crippen molar-refractivity contribution in [1.82, 2.24) is 0 Å². The zero-order chi connectivity index (χ0) is 15.9. The van der Waals surface area contributed by atoms with Gasteiger partial charge in [0.1, 0.15) is 0 Å². The molecule has 0 fully saturated rings. The molecule has 1 aliphatic carbocycles. The lowest BCUT2D eigenvalue weighted by Gasteiger charge is -2.10. The molecule has 0 saturated heterocycles. The van der Waals surface area contributed by atoms with Crippen LogP contribution < -0.4 is 9.47 Å². The molecule has 0 radical (unpaired) electrons. The third-order valence-corrected chi connectivity index (χ3v) is 3.98. The van der Waals surface area contributed by atoms with Gasteiger partial charge < -0.3 is 19.7 Å². The van der Waals surface area contributed by atoms with Crippen molar-refractivity contribution < 1.29 is 24.5 Å². The molecule has 0 atom stereocenters. The molecule has 22 heavy (non-hydrogen) atoms. The lowest BCUT2D eigenvalue weighted by Crippen LogP contribution is -2.00. The highest BCUT2D eigenvalue weighted by Gasteiger charge is 2.30. The van der Waals surface area contributed by atoms with Gasteiger partial charge in [0.05, 0.1) is 27.4 Å². The molecule has 0 heterocycles. The van der Waals surface area contributed by atoms with E-state index in [-0.39, 0.29) is 19.0 Å². The van der Waals surface area contributed by atoms with Crippen molar-refractivity contribution in [3.8, 4) is 22.6 Å². The fourth-order valence-electron chi connectivity index (χ4n) is 2.83. The van der Waals surface area contributed by atoms with Gasteiger partial charge in [0.25, 0.3) is 0 Å². The summed E-state index contributed by atoms with van der Waals surface area (Å²) in [4.78, 5) is 12.6. The summed E-state index contributed by atoms with van der Waals surface area (Å²) in [5.41, 5.74) is 3.70. The van der Waals surface area contributed by atoms with Crippen molar-refractivity contribution >= 4 is 5.78 Å². The Labute approximate surface area is 127 Å². The van der Waals surface area contributed by atoms with Crippen molar-refractivity contribution in [2.24, 2.45) is 0 Å². The van der Waals surface area contributed by atoms with Gasteiger partial charge in [-0.2, -0.15) is 0 Å². The molecule has 2 aromatic rings. The molecule has 5 nitrogen and oxygen atoms in total. The number of aliphatic hydroxyl groups excluding tert-OH is 2. The zero-order valence-corrected chi connectivity index (χ0v) is 12.3. The molecular formula is C17H16O5. The number of hydrogen-bond donors (Lipinski definition) is 2. The smallest absolute Gasteiger partial charge is 0.194 e. The molecule has 0 bridgehead atoms. The Balaban J connectivity index is 2.26. The van der Waals surface area contributed by atoms with Crippen LogP contribution in [0.2, 0.25) is 0 Å². The fraction of sp³-hybridized carbons (Fsp3) is 0.235. The van der Waals surface area contributed by atoms with Crippen LogP contribution in [0, 0.1) is 0 Å². The first-order valence-electron chi connectivity index (χ1n) is 6.83. The first-order valence-corrected chi connectivity index (χ1v) is 6.83. The predicted octanol–water partition coefficient (Wildman–Crippen LogP) is 1.90. The van der Waals surface area contributed by atoms with Crippen LogP contribution in [0.25, 0.3) is 11.1 Å². The molecule has 0 aromatic heterocycles. The van der Waals surface area contributed by atoms with E-state index < -0.39 is 0 Å². The second-order valence-electron chi connectivity index (χ2n) is 5.06. The van der Waals surface area contributed by atoms with E-state index in [1.807, 2.05) is 0 Å². The first-order chi connectivity index (χ1) is 10.6. The molecular weight excluding hydrogens is 284 g/mol. The van der Waals surface area contributed by atoms with Crippen molar-refractivity contribution in [2.45, 2.75) is 13.2 Å². The molecule has 0 saturated carbocycles. The maximum absolute atomic E-state index is 12.6. The minimum absolute atomic E-state index is 0.120. The Kier molecular flexibility index (Phi) is 3.60. The lowest BCUT2D eigenvalue weighted by atomic mass is 9.98. The molecule has 0 aliphatic heterocycles. The van der Waals surface area contributed by atoms with Crippen LogP contribution in [0.15, 0.2) is 24.3 Å². The maximum Gasteiger partial charge on any atom is 0.194 e. The molecule has 114 valence electrons. The van der Waals surface area contributed by atoms with Crippen molar-refractivity contribution in [2.75, 3.05) is 14.2 Å². The van der Waals surface area contributed by atoms with Crippen molar-refractivity contribution in [3.63, 3.8) is 0 Å². The Morgan fingerprint density at radius 1 is 0.773 bits per heavy atom. The van der Waals surface area contributed by atoms with E-state index in [1.165, 1.54) is 14.2 Å². The highest BCUT2D eigenvalue weighted by molar-refractivity contribution is 6.22. The van der Waals surface area contributed by atoms with Gasteiger partial charge in [-0.15, -0.1) is 0 Å². The van der Waals surface area contributed by atoms with Gasteiger partial charge in [0.2, 0.25) is 0 Å². The summed E-state index contributed by atoms with van der Waals surface area (Å²) in [7, 11) is 3.06. The van der Waals surface area contributed by atoms with Crippen LogP contribution in [0.1, 0.15) is 27.0 Å². The summed E-state index contributed by atoms with van der Waals surface area (Å²) in [5, 5.41) is 18.8. The molecule has 0 amide bonds. The van der Waals surface area contributed by atoms with Crippen LogP contribution in [-0.2, 0) is 13.2 Å². The fourth-order valence-corrected chi connectivity index (χ4v) is 2.83. The number of aliphatic hydroxyl groups is 2. The minimum Gasteiger partial charge on any atom is -0.493 e. The summed E-state index contributed by atoms with van der Waals surface area (Å²) in [6.07, 6.45) is 0. The van der Waals surface area contributed by atoms with Gasteiger partial charge in [0, 0.05) is 11.1 Å². The number of benzene rings is 2. The van der Waals surface area contributed by atoms with Gasteiger partial charge >= 0.3 is 0 Å². The number of methoxy groups -OCH3 is 2. The van der Waals surface area contributed by atoms with Crippen LogP contribution in [-0.4, -0.2) is 30.2 Å². The molecule has 3 rings (SSSR count). The molecule has 0 unspecified atom stereocenters. The highest BCUT2D eigenvalue weighted by Crippen LogP contribution is 2.43. The predicted molar refractivity (Wildman–Crippen MR) is 80.3 cm³/mol. The van der Waals surface area contributed by atoms with Crippen LogP contribution in [0.5, 0.6) is 11.5 Å². The summed E-state index contributed by atoms with van der Waals surface area (Å²) in [6.45, 7) is -0.417. The summed E-state index contributed by atoms with van der Waals surface area (Å²) in [6, 6.07) is 6.81. The van der Waals surface area contributed by atoms with Gasteiger partial charge in [-0.25, -0.2) is 0 Å². The largest absolute Gasteiger partial charge is 0.493 e. The Morgan fingerprint density at radius 2 is 1.18 bits per heavy atom. The van der Waals surface area contributed by atoms with E-state index in [9.17, 15) is 15.0 Å². The molecule has 2 aromatic carbocycles. The first kappa shape index (κ1) is 14.6. The van der Waals surface area contributed by atoms with E-state index in [2.05, 4.69) is 0 Å². The van der Waals surface area contributed by atoms with Gasteiger partial charge in [-0.1, -0.05) is 0 Å². The van der Waals surface area contributed by atoms with E-state index in [0.29, 0.717) is 33.8 Å². The number of hydrogen-bond acceptors (Lipinski definition) is 5. The van der Waals surface area contributed by atoms with E-state index in [0.717, 1.165) is 11.1 Å². The standard InChI is InChI=1S/C17H16O5/c1-21-15-5-12-11-3-9(7-18)10(8-19)4-13(11)17(20)14(12)6-16(15)22-2/h3-6,18-19H,7-8H2,1-2H3. The number of carbonyl (C=O) groups excluding carboxylic acids is 1. The maximum atomic E-state index is 12.6. The lowest BCUT2D eigenvalue weighted by molar-refractivity contribution is 0.104. The number of ketones is 1. The Bertz CT molecular complexity index is 701. The van der Waals surface area contributed by atoms with E-state index in [1.54, 1.807) is 24.3 Å². The Hall–Kier alpha value is -2.37. The number of fused-ring (bicyclic) bond motifs is 3. The highest BCUT2D eigenvalue weighted by atomic mass is 16.5. The molecule has 1 aliphatic rings. The van der Waals surface area contributed by atoms with E-state index in [4.69, 9.17) is 9.47 Å². The van der Waals surface area contributed by atoms with Crippen LogP contribution in [0.3, 0.4) is 0 Å². The number of ether oxygens (including phenoxy) is 2. The quantitative estimate of drug-likeness (QED) is 0.769. The average molecular weight is 300 g/mol. The average Bonchev–Trinajstić information content (AvgIpc) is 2.83. The third-order valence-electron chi connectivity index (χ3n) is 3.98. The van der Waals surface area contributed by atoms with Gasteiger partial charge in [-0.3, -0.25) is 4.79 Å². The second-order valence-corrected chi connectivity index (χ2v) is 5.06. The molecule has 0 spiro atoms. The molecule has 5 heteroatoms. The summed E-state index contributed by atoms with van der Waals surface area (Å²) < 4.78 is 10.5. The topological polar surface area (TPSA) is 76.0 Å². The monoisotopic (exact) mass is 300 g/mol. The second kappa shape index (κ2) is 5.44. The van der Waals surface area contributed by atoms with Crippen molar-refractivity contribution in [1.29, 1.82) is 0 Å². The van der Waals surface area contributed by atoms with Crippen molar-refractivity contribution in [3.05, 3.63) is 46.5 Å².